The summed E-state index contributed by atoms with van der Waals surface area (Å²) >= 11 is 6.09. The number of nitrogens with one attached hydrogen (secondary N) is 2. The van der Waals surface area contributed by atoms with Crippen LogP contribution in [0, 0.1) is 17.7 Å². The minimum absolute atomic E-state index is 0.00348. The van der Waals surface area contributed by atoms with Crippen LogP contribution in [0.2, 0.25) is 5.02 Å². The zero-order valence-electron chi connectivity index (χ0n) is 21.7. The molecule has 1 aromatic rings. The Morgan fingerprint density at radius 2 is 2.11 bits per heavy atom. The smallest absolute Gasteiger partial charge is 0.317 e. The number of hydrogen-bond acceptors (Lipinski definition) is 5. The number of ether oxygens (including phenoxy) is 2. The van der Waals surface area contributed by atoms with E-state index in [4.69, 9.17) is 21.1 Å². The Bertz CT molecular complexity index is 826. The number of rotatable bonds is 12. The van der Waals surface area contributed by atoms with Crippen LogP contribution < -0.4 is 10.6 Å². The van der Waals surface area contributed by atoms with Crippen LogP contribution in [-0.4, -0.2) is 75.7 Å². The largest absolute Gasteiger partial charge is 0.385 e. The summed E-state index contributed by atoms with van der Waals surface area (Å²) in [5.41, 5.74) is -1.21. The summed E-state index contributed by atoms with van der Waals surface area (Å²) in [5.74, 6) is -0.346. The molecular formula is C27H43ClFN3O4. The van der Waals surface area contributed by atoms with Gasteiger partial charge in [-0.25, -0.2) is 9.18 Å². The van der Waals surface area contributed by atoms with Crippen LogP contribution in [0.5, 0.6) is 0 Å². The third kappa shape index (κ3) is 7.78. The molecular weight excluding hydrogens is 485 g/mol. The zero-order valence-corrected chi connectivity index (χ0v) is 22.5. The molecule has 2 unspecified atom stereocenters. The number of halogens is 2. The lowest BCUT2D eigenvalue weighted by molar-refractivity contribution is -0.0587. The quantitative estimate of drug-likeness (QED) is 0.353. The van der Waals surface area contributed by atoms with Crippen LogP contribution >= 0.6 is 11.6 Å². The van der Waals surface area contributed by atoms with E-state index >= 15 is 4.39 Å². The first-order valence-electron chi connectivity index (χ1n) is 13.3. The van der Waals surface area contributed by atoms with Gasteiger partial charge < -0.3 is 30.1 Å². The number of methoxy groups -OCH3 is 1. The Kier molecular flexibility index (Phi) is 11.7. The van der Waals surface area contributed by atoms with Crippen molar-refractivity contribution in [2.45, 2.75) is 63.0 Å². The second kappa shape index (κ2) is 14.5. The first-order chi connectivity index (χ1) is 17.4. The van der Waals surface area contributed by atoms with Crippen LogP contribution in [-0.2, 0) is 15.1 Å². The van der Waals surface area contributed by atoms with E-state index in [1.54, 1.807) is 24.1 Å². The molecule has 3 atom stereocenters. The molecule has 204 valence electrons. The lowest BCUT2D eigenvalue weighted by Gasteiger charge is -2.43. The summed E-state index contributed by atoms with van der Waals surface area (Å²) in [6.07, 6.45) is 6.20. The maximum Gasteiger partial charge on any atom is 0.317 e. The van der Waals surface area contributed by atoms with Gasteiger partial charge in [0.2, 0.25) is 0 Å². The van der Waals surface area contributed by atoms with Crippen LogP contribution in [0.25, 0.3) is 0 Å². The lowest BCUT2D eigenvalue weighted by atomic mass is 9.74. The van der Waals surface area contributed by atoms with Crippen molar-refractivity contribution in [3.63, 3.8) is 0 Å². The van der Waals surface area contributed by atoms with Gasteiger partial charge in [-0.1, -0.05) is 23.7 Å². The second-order valence-corrected chi connectivity index (χ2v) is 10.7. The topological polar surface area (TPSA) is 83.1 Å². The van der Waals surface area contributed by atoms with Crippen molar-refractivity contribution in [1.29, 1.82) is 0 Å². The molecule has 3 N–H and O–H groups in total. The number of carbonyl (C=O) groups excluding carboxylic acids is 1. The molecule has 9 heteroatoms. The average Bonchev–Trinajstić information content (AvgIpc) is 2.89. The highest BCUT2D eigenvalue weighted by molar-refractivity contribution is 6.30. The summed E-state index contributed by atoms with van der Waals surface area (Å²) in [5, 5.41) is 18.4. The van der Waals surface area contributed by atoms with E-state index in [1.165, 1.54) is 6.07 Å². The molecule has 2 aliphatic heterocycles. The highest BCUT2D eigenvalue weighted by Crippen LogP contribution is 2.42. The van der Waals surface area contributed by atoms with Crippen LogP contribution in [0.4, 0.5) is 9.18 Å². The number of hydrogen-bond donors (Lipinski definition) is 3. The van der Waals surface area contributed by atoms with Gasteiger partial charge in [0.15, 0.2) is 0 Å². The highest BCUT2D eigenvalue weighted by Gasteiger charge is 2.43. The fraction of sp³-hybridized carbons (Fsp3) is 0.741. The molecule has 2 amide bonds. The third-order valence-corrected chi connectivity index (χ3v) is 7.99. The Balaban J connectivity index is 1.72. The molecule has 7 nitrogen and oxygen atoms in total. The number of likely N-dealkylation sites (N-methyl/N-ethyl adjacent to an activating group) is 1. The number of piperidine rings is 1. The normalized spacial score (nSPS) is 21.7. The van der Waals surface area contributed by atoms with Crippen molar-refractivity contribution in [2.75, 3.05) is 53.6 Å². The number of aliphatic hydroxyl groups is 1. The van der Waals surface area contributed by atoms with E-state index < -0.39 is 11.4 Å². The average molecular weight is 528 g/mol. The van der Waals surface area contributed by atoms with Gasteiger partial charge in [0, 0.05) is 64.1 Å². The van der Waals surface area contributed by atoms with E-state index in [0.29, 0.717) is 51.4 Å². The number of nitrogens with zero attached hydrogens (tertiary/aromatic N) is 1. The summed E-state index contributed by atoms with van der Waals surface area (Å²) in [7, 11) is 3.53. The van der Waals surface area contributed by atoms with Gasteiger partial charge in [0.1, 0.15) is 5.82 Å². The van der Waals surface area contributed by atoms with Crippen LogP contribution in [0.3, 0.4) is 0 Å². The summed E-state index contributed by atoms with van der Waals surface area (Å²) in [4.78, 5) is 15.1. The van der Waals surface area contributed by atoms with Crippen molar-refractivity contribution in [2.24, 2.45) is 11.8 Å². The Labute approximate surface area is 220 Å². The summed E-state index contributed by atoms with van der Waals surface area (Å²) in [6, 6.07) is 4.68. The molecule has 0 saturated carbocycles. The monoisotopic (exact) mass is 527 g/mol. The van der Waals surface area contributed by atoms with E-state index in [1.807, 2.05) is 7.05 Å². The number of benzene rings is 1. The molecule has 0 aliphatic carbocycles. The molecule has 0 radical (unpaired) electrons. The number of amides is 2. The fourth-order valence-electron chi connectivity index (χ4n) is 5.68. The Morgan fingerprint density at radius 3 is 2.83 bits per heavy atom. The van der Waals surface area contributed by atoms with Gasteiger partial charge in [-0.3, -0.25) is 0 Å². The molecule has 2 fully saturated rings. The summed E-state index contributed by atoms with van der Waals surface area (Å²) < 4.78 is 25.8. The van der Waals surface area contributed by atoms with Gasteiger partial charge in [-0.15, -0.1) is 0 Å². The summed E-state index contributed by atoms with van der Waals surface area (Å²) in [6.45, 7) is 3.81. The van der Waals surface area contributed by atoms with Crippen molar-refractivity contribution in [3.05, 3.63) is 34.6 Å². The standard InChI is InChI=1S/C27H43ClFN3O4/c1-30-18-22(17-20-10-15-36-16-11-20)31-26(33)32-13-6-7-21(19-32)27(34,12-3-4-14-35-2)23-8-5-9-24(28)25(23)29/h5,8-9,20-22,30,34H,3-4,6-7,10-19H2,1-2H3,(H,31,33)/t21?,22?,27-/m0/s1. The second-order valence-electron chi connectivity index (χ2n) is 10.3. The Hall–Kier alpha value is -1.45. The van der Waals surface area contributed by atoms with Crippen molar-refractivity contribution < 1.29 is 23.8 Å². The van der Waals surface area contributed by atoms with E-state index in [2.05, 4.69) is 10.6 Å². The first-order valence-corrected chi connectivity index (χ1v) is 13.7. The number of likely N-dealkylation sites (tertiary alicyclic amines) is 1. The Morgan fingerprint density at radius 1 is 1.33 bits per heavy atom. The molecule has 1 aromatic carbocycles. The maximum absolute atomic E-state index is 15.1. The number of urea groups is 1. The van der Waals surface area contributed by atoms with Crippen molar-refractivity contribution >= 4 is 17.6 Å². The van der Waals surface area contributed by atoms with Crippen LogP contribution in [0.15, 0.2) is 18.2 Å². The lowest BCUT2D eigenvalue weighted by Crippen LogP contribution is -2.54. The molecule has 2 heterocycles. The molecule has 0 aromatic heterocycles. The zero-order chi connectivity index (χ0) is 26.0. The fourth-order valence-corrected chi connectivity index (χ4v) is 5.85. The molecule has 0 spiro atoms. The van der Waals surface area contributed by atoms with E-state index in [9.17, 15) is 9.90 Å². The molecule has 3 rings (SSSR count). The van der Waals surface area contributed by atoms with Gasteiger partial charge in [-0.05, 0) is 70.4 Å². The molecule has 36 heavy (non-hydrogen) atoms. The minimum Gasteiger partial charge on any atom is -0.385 e. The highest BCUT2D eigenvalue weighted by atomic mass is 35.5. The van der Waals surface area contributed by atoms with Crippen LogP contribution in [0.1, 0.15) is 56.9 Å². The van der Waals surface area contributed by atoms with Crippen molar-refractivity contribution in [3.8, 4) is 0 Å². The third-order valence-electron chi connectivity index (χ3n) is 7.70. The predicted molar refractivity (Wildman–Crippen MR) is 140 cm³/mol. The molecule has 2 saturated heterocycles. The van der Waals surface area contributed by atoms with E-state index in [-0.39, 0.29) is 28.6 Å². The molecule has 0 bridgehead atoms. The van der Waals surface area contributed by atoms with Gasteiger partial charge in [-0.2, -0.15) is 0 Å². The van der Waals surface area contributed by atoms with Gasteiger partial charge in [0.25, 0.3) is 0 Å². The van der Waals surface area contributed by atoms with Gasteiger partial charge >= 0.3 is 6.03 Å². The SMILES string of the molecule is CNCC(CC1CCOCC1)NC(=O)N1CCCC([C@@](O)(CCCCOC)c2cccc(Cl)c2F)C1. The minimum atomic E-state index is -1.42. The number of carbonyl (C=O) groups is 1. The maximum atomic E-state index is 15.1. The van der Waals surface area contributed by atoms with Crippen molar-refractivity contribution in [1.82, 2.24) is 15.5 Å². The van der Waals surface area contributed by atoms with Gasteiger partial charge in [0.05, 0.1) is 10.6 Å². The van der Waals surface area contributed by atoms with E-state index in [0.717, 1.165) is 45.3 Å². The number of unbranched alkanes of at least 4 members (excludes halogenated alkanes) is 1. The molecule has 2 aliphatic rings. The first kappa shape index (κ1) is 29.1. The predicted octanol–water partition coefficient (Wildman–Crippen LogP) is 4.31.